The Morgan fingerprint density at radius 2 is 1.63 bits per heavy atom. The molecule has 0 radical (unpaired) electrons. The Labute approximate surface area is 163 Å². The van der Waals surface area contributed by atoms with Gasteiger partial charge in [-0.05, 0) is 54.9 Å². The van der Waals surface area contributed by atoms with Gasteiger partial charge in [0.25, 0.3) is 0 Å². The molecule has 27 heavy (non-hydrogen) atoms. The predicted molar refractivity (Wildman–Crippen MR) is 108 cm³/mol. The third kappa shape index (κ3) is 4.36. The fourth-order valence-electron chi connectivity index (χ4n) is 4.79. The monoisotopic (exact) mass is 374 g/mol. The lowest BCUT2D eigenvalue weighted by atomic mass is 9.66. The molecule has 0 aliphatic heterocycles. The van der Waals surface area contributed by atoms with Crippen molar-refractivity contribution in [3.63, 3.8) is 0 Å². The van der Waals surface area contributed by atoms with Gasteiger partial charge in [0.1, 0.15) is 11.5 Å². The second-order valence-corrected chi connectivity index (χ2v) is 8.54. The lowest BCUT2D eigenvalue weighted by Crippen LogP contribution is -2.26. The maximum atomic E-state index is 11.8. The predicted octanol–water partition coefficient (Wildman–Crippen LogP) is 5.63. The van der Waals surface area contributed by atoms with Crippen LogP contribution in [0.1, 0.15) is 104 Å². The van der Waals surface area contributed by atoms with Crippen molar-refractivity contribution in [1.82, 2.24) is 0 Å². The molecule has 150 valence electrons. The largest absolute Gasteiger partial charge is 0.507 e. The molecule has 1 saturated carbocycles. The molecule has 1 aromatic rings. The number of unbranched alkanes of at least 4 members (excludes halogenated alkanes) is 2. The van der Waals surface area contributed by atoms with Crippen molar-refractivity contribution < 1.29 is 19.8 Å². The van der Waals surface area contributed by atoms with Gasteiger partial charge in [0.15, 0.2) is 12.6 Å². The van der Waals surface area contributed by atoms with Crippen LogP contribution in [0.15, 0.2) is 0 Å². The highest BCUT2D eigenvalue weighted by molar-refractivity contribution is 5.92. The number of hydrogen-bond acceptors (Lipinski definition) is 4. The van der Waals surface area contributed by atoms with Crippen molar-refractivity contribution in [2.24, 2.45) is 17.8 Å². The first-order valence-corrected chi connectivity index (χ1v) is 10.4. The van der Waals surface area contributed by atoms with Crippen molar-refractivity contribution in [3.05, 3.63) is 22.3 Å². The molecule has 0 unspecified atom stereocenters. The Hall–Kier alpha value is -1.84. The molecule has 4 heteroatoms. The Morgan fingerprint density at radius 3 is 2.11 bits per heavy atom. The van der Waals surface area contributed by atoms with E-state index in [9.17, 15) is 19.8 Å². The number of benzene rings is 1. The molecule has 0 aromatic heterocycles. The van der Waals surface area contributed by atoms with Crippen molar-refractivity contribution >= 4 is 12.6 Å². The minimum atomic E-state index is -0.121. The zero-order valence-corrected chi connectivity index (χ0v) is 17.1. The van der Waals surface area contributed by atoms with E-state index in [0.717, 1.165) is 38.5 Å². The molecule has 0 bridgehead atoms. The van der Waals surface area contributed by atoms with E-state index in [4.69, 9.17) is 0 Å². The SMILES string of the molecule is CCCCCc1c(C=O)c(O)c([C@@H]2C[C@@H](C)CC[C@H]2C(C)C)c(O)c1C=O. The molecule has 1 fully saturated rings. The minimum absolute atomic E-state index is 0.0455. The molecule has 0 amide bonds. The highest BCUT2D eigenvalue weighted by Crippen LogP contribution is 2.51. The van der Waals surface area contributed by atoms with Crippen LogP contribution >= 0.6 is 0 Å². The van der Waals surface area contributed by atoms with Gasteiger partial charge in [-0.1, -0.05) is 47.0 Å². The lowest BCUT2D eigenvalue weighted by molar-refractivity contribution is 0.111. The first-order chi connectivity index (χ1) is 12.9. The van der Waals surface area contributed by atoms with E-state index in [2.05, 4.69) is 27.7 Å². The third-order valence-electron chi connectivity index (χ3n) is 6.33. The fraction of sp³-hybridized carbons (Fsp3) is 0.652. The van der Waals surface area contributed by atoms with E-state index >= 15 is 0 Å². The third-order valence-corrected chi connectivity index (χ3v) is 6.33. The Kier molecular flexibility index (Phi) is 7.46. The summed E-state index contributed by atoms with van der Waals surface area (Å²) in [5.74, 6) is 0.893. The first-order valence-electron chi connectivity index (χ1n) is 10.4. The number of phenols is 2. The summed E-state index contributed by atoms with van der Waals surface area (Å²) in [7, 11) is 0. The average molecular weight is 375 g/mol. The van der Waals surface area contributed by atoms with Gasteiger partial charge in [-0.2, -0.15) is 0 Å². The maximum absolute atomic E-state index is 11.8. The Balaban J connectivity index is 2.62. The summed E-state index contributed by atoms with van der Waals surface area (Å²) in [6, 6.07) is 0. The minimum Gasteiger partial charge on any atom is -0.507 e. The molecule has 1 aromatic carbocycles. The van der Waals surface area contributed by atoms with Crippen LogP contribution in [-0.2, 0) is 6.42 Å². The van der Waals surface area contributed by atoms with Gasteiger partial charge in [-0.3, -0.25) is 9.59 Å². The van der Waals surface area contributed by atoms with Gasteiger partial charge in [-0.15, -0.1) is 0 Å². The molecule has 1 aliphatic rings. The van der Waals surface area contributed by atoms with E-state index < -0.39 is 0 Å². The first kappa shape index (κ1) is 21.5. The molecule has 3 atom stereocenters. The van der Waals surface area contributed by atoms with Crippen molar-refractivity contribution in [1.29, 1.82) is 0 Å². The van der Waals surface area contributed by atoms with Gasteiger partial charge in [0.05, 0.1) is 11.1 Å². The van der Waals surface area contributed by atoms with Crippen LogP contribution in [0.5, 0.6) is 11.5 Å². The summed E-state index contributed by atoms with van der Waals surface area (Å²) in [6.45, 7) is 8.57. The van der Waals surface area contributed by atoms with Gasteiger partial charge >= 0.3 is 0 Å². The normalized spacial score (nSPS) is 22.8. The molecule has 0 heterocycles. The van der Waals surface area contributed by atoms with E-state index in [1.54, 1.807) is 0 Å². The summed E-state index contributed by atoms with van der Waals surface area (Å²) in [5, 5.41) is 21.9. The van der Waals surface area contributed by atoms with E-state index in [1.165, 1.54) is 0 Å². The van der Waals surface area contributed by atoms with E-state index in [0.29, 0.717) is 47.9 Å². The molecule has 2 N–H and O–H groups in total. The van der Waals surface area contributed by atoms with Gasteiger partial charge < -0.3 is 10.2 Å². The smallest absolute Gasteiger partial charge is 0.154 e. The van der Waals surface area contributed by atoms with Crippen LogP contribution in [-0.4, -0.2) is 22.8 Å². The fourth-order valence-corrected chi connectivity index (χ4v) is 4.79. The Morgan fingerprint density at radius 1 is 1.04 bits per heavy atom. The number of phenolic OH excluding ortho intramolecular Hbond substituents is 2. The molecule has 2 rings (SSSR count). The van der Waals surface area contributed by atoms with Crippen LogP contribution in [0.25, 0.3) is 0 Å². The summed E-state index contributed by atoms with van der Waals surface area (Å²) in [4.78, 5) is 23.6. The summed E-state index contributed by atoms with van der Waals surface area (Å²) < 4.78 is 0. The van der Waals surface area contributed by atoms with Crippen LogP contribution in [0.4, 0.5) is 0 Å². The quantitative estimate of drug-likeness (QED) is 0.457. The number of rotatable bonds is 8. The molecule has 1 aliphatic carbocycles. The second-order valence-electron chi connectivity index (χ2n) is 8.54. The number of hydrogen-bond donors (Lipinski definition) is 2. The van der Waals surface area contributed by atoms with E-state index in [1.807, 2.05) is 0 Å². The average Bonchev–Trinajstić information content (AvgIpc) is 2.62. The van der Waals surface area contributed by atoms with Crippen molar-refractivity contribution in [2.75, 3.05) is 0 Å². The highest BCUT2D eigenvalue weighted by Gasteiger charge is 2.37. The van der Waals surface area contributed by atoms with Crippen LogP contribution in [0.2, 0.25) is 0 Å². The second kappa shape index (κ2) is 9.38. The van der Waals surface area contributed by atoms with Crippen LogP contribution < -0.4 is 0 Å². The standard InChI is InChI=1S/C23H34O4/c1-5-6-7-8-17-19(12-24)22(26)21(23(27)20(17)13-25)18-11-15(4)9-10-16(18)14(2)3/h12-16,18,26-27H,5-11H2,1-4H3/t15-,16-,18+/m0/s1. The number of carbonyl (C=O) groups excluding carboxylic acids is 2. The zero-order valence-electron chi connectivity index (χ0n) is 17.1. The molecule has 4 nitrogen and oxygen atoms in total. The summed E-state index contributed by atoms with van der Waals surface area (Å²) >= 11 is 0. The van der Waals surface area contributed by atoms with Gasteiger partial charge in [-0.25, -0.2) is 0 Å². The summed E-state index contributed by atoms with van der Waals surface area (Å²) in [5.41, 5.74) is 1.25. The molecule has 0 spiro atoms. The summed E-state index contributed by atoms with van der Waals surface area (Å²) in [6.07, 6.45) is 7.57. The zero-order chi connectivity index (χ0) is 20.1. The molecular formula is C23H34O4. The highest BCUT2D eigenvalue weighted by atomic mass is 16.3. The molecular weight excluding hydrogens is 340 g/mol. The van der Waals surface area contributed by atoms with Crippen LogP contribution in [0, 0.1) is 17.8 Å². The number of carbonyl (C=O) groups is 2. The molecule has 0 saturated heterocycles. The van der Waals surface area contributed by atoms with Crippen LogP contribution in [0.3, 0.4) is 0 Å². The Bertz CT molecular complexity index is 642. The van der Waals surface area contributed by atoms with Crippen molar-refractivity contribution in [2.45, 2.75) is 78.6 Å². The lowest BCUT2D eigenvalue weighted by Gasteiger charge is -2.38. The van der Waals surface area contributed by atoms with E-state index in [-0.39, 0.29) is 28.5 Å². The number of aromatic hydroxyl groups is 2. The van der Waals surface area contributed by atoms with Gasteiger partial charge in [0, 0.05) is 5.56 Å². The van der Waals surface area contributed by atoms with Gasteiger partial charge in [0.2, 0.25) is 0 Å². The topological polar surface area (TPSA) is 74.6 Å². The maximum Gasteiger partial charge on any atom is 0.154 e. The van der Waals surface area contributed by atoms with Crippen molar-refractivity contribution in [3.8, 4) is 11.5 Å². The number of aldehydes is 2.